The van der Waals surface area contributed by atoms with Gasteiger partial charge in [-0.25, -0.2) is 0 Å². The van der Waals surface area contributed by atoms with Crippen molar-refractivity contribution in [2.75, 3.05) is 33.2 Å². The van der Waals surface area contributed by atoms with Gasteiger partial charge in [0.1, 0.15) is 0 Å². The van der Waals surface area contributed by atoms with E-state index in [4.69, 9.17) is 0 Å². The summed E-state index contributed by atoms with van der Waals surface area (Å²) in [7, 11) is 2.21. The smallest absolute Gasteiger partial charge is 0.237 e. The van der Waals surface area contributed by atoms with Gasteiger partial charge in [-0.2, -0.15) is 0 Å². The Morgan fingerprint density at radius 2 is 1.89 bits per heavy atom. The zero-order valence-corrected chi connectivity index (χ0v) is 17.3. The van der Waals surface area contributed by atoms with Crippen LogP contribution in [0.1, 0.15) is 38.2 Å². The molecule has 2 aliphatic heterocycles. The van der Waals surface area contributed by atoms with Crippen molar-refractivity contribution in [3.63, 3.8) is 0 Å². The molecule has 0 aliphatic carbocycles. The summed E-state index contributed by atoms with van der Waals surface area (Å²) in [6.07, 6.45) is 4.55. The summed E-state index contributed by atoms with van der Waals surface area (Å²) >= 11 is 0. The van der Waals surface area contributed by atoms with E-state index in [-0.39, 0.29) is 11.9 Å². The second-order valence-electron chi connectivity index (χ2n) is 8.85. The quantitative estimate of drug-likeness (QED) is 0.861. The summed E-state index contributed by atoms with van der Waals surface area (Å²) in [6.45, 7) is 7.23. The largest absolute Gasteiger partial charge is 0.351 e. The molecule has 4 rings (SSSR count). The first-order valence-corrected chi connectivity index (χ1v) is 10.8. The Kier molecular flexibility index (Phi) is 5.70. The lowest BCUT2D eigenvalue weighted by molar-refractivity contribution is -0.125. The van der Waals surface area contributed by atoms with Gasteiger partial charge in [0.05, 0.1) is 6.04 Å². The molecule has 2 saturated heterocycles. The van der Waals surface area contributed by atoms with Crippen molar-refractivity contribution in [1.29, 1.82) is 0 Å². The van der Waals surface area contributed by atoms with Crippen molar-refractivity contribution < 1.29 is 4.79 Å². The van der Waals surface area contributed by atoms with Gasteiger partial charge in [0.25, 0.3) is 0 Å². The Balaban J connectivity index is 1.45. The molecule has 2 fully saturated rings. The predicted octanol–water partition coefficient (Wildman–Crippen LogP) is 3.65. The monoisotopic (exact) mass is 379 g/mol. The van der Waals surface area contributed by atoms with E-state index in [9.17, 15) is 4.79 Å². The van der Waals surface area contributed by atoms with Gasteiger partial charge >= 0.3 is 0 Å². The topological polar surface area (TPSA) is 35.6 Å². The van der Waals surface area contributed by atoms with Crippen molar-refractivity contribution in [2.24, 2.45) is 5.41 Å². The second kappa shape index (κ2) is 8.22. The zero-order valence-electron chi connectivity index (χ0n) is 17.3. The van der Waals surface area contributed by atoms with E-state index in [1.165, 1.54) is 29.2 Å². The van der Waals surface area contributed by atoms with E-state index in [0.29, 0.717) is 12.0 Å². The fourth-order valence-corrected chi connectivity index (χ4v) is 5.13. The molecule has 2 aromatic carbocycles. The highest BCUT2D eigenvalue weighted by Crippen LogP contribution is 2.43. The fourth-order valence-electron chi connectivity index (χ4n) is 5.13. The Hall–Kier alpha value is -1.91. The van der Waals surface area contributed by atoms with Crippen molar-refractivity contribution in [3.8, 4) is 0 Å². The van der Waals surface area contributed by atoms with Crippen LogP contribution in [0.2, 0.25) is 0 Å². The molecule has 2 aliphatic rings. The highest BCUT2D eigenvalue weighted by Gasteiger charge is 2.47. The molecule has 1 spiro atoms. The van der Waals surface area contributed by atoms with E-state index in [2.05, 4.69) is 71.6 Å². The number of carbonyl (C=O) groups excluding carboxylic acids is 1. The van der Waals surface area contributed by atoms with Crippen LogP contribution < -0.4 is 5.32 Å². The number of hydrogen-bond donors (Lipinski definition) is 1. The molecular formula is C24H33N3O. The number of amides is 1. The number of likely N-dealkylation sites (tertiary alicyclic amines) is 2. The molecule has 28 heavy (non-hydrogen) atoms. The highest BCUT2D eigenvalue weighted by molar-refractivity contribution is 5.87. The summed E-state index contributed by atoms with van der Waals surface area (Å²) in [4.78, 5) is 18.0. The molecular weight excluding hydrogens is 346 g/mol. The number of fused-ring (bicyclic) bond motifs is 1. The zero-order chi connectivity index (χ0) is 19.6. The van der Waals surface area contributed by atoms with Gasteiger partial charge in [-0.3, -0.25) is 9.69 Å². The molecule has 4 nitrogen and oxygen atoms in total. The highest BCUT2D eigenvalue weighted by atomic mass is 16.2. The van der Waals surface area contributed by atoms with Crippen LogP contribution in [-0.2, 0) is 11.3 Å². The Labute approximate surface area is 168 Å². The number of nitrogens with zero attached hydrogens (tertiary/aromatic N) is 2. The first-order chi connectivity index (χ1) is 13.6. The number of benzene rings is 2. The number of hydrogen-bond acceptors (Lipinski definition) is 3. The average Bonchev–Trinajstić information content (AvgIpc) is 3.07. The molecule has 0 saturated carbocycles. The standard InChI is InChI=1S/C24H33N3O/c1-3-13-27-18-24(11-14-26(2)15-12-24)16-22(27)23(28)25-17-20-9-6-8-19-7-4-5-10-21(19)20/h4-10,22H,3,11-18H2,1-2H3,(H,25,28)/t22-/m0/s1. The Bertz CT molecular complexity index is 820. The first-order valence-electron chi connectivity index (χ1n) is 10.8. The van der Waals surface area contributed by atoms with Gasteiger partial charge in [-0.1, -0.05) is 49.4 Å². The van der Waals surface area contributed by atoms with E-state index in [1.807, 2.05) is 0 Å². The van der Waals surface area contributed by atoms with Gasteiger partial charge in [0.15, 0.2) is 0 Å². The maximum Gasteiger partial charge on any atom is 0.237 e. The van der Waals surface area contributed by atoms with Crippen LogP contribution in [0.25, 0.3) is 10.8 Å². The van der Waals surface area contributed by atoms with Crippen LogP contribution in [0.5, 0.6) is 0 Å². The predicted molar refractivity (Wildman–Crippen MR) is 115 cm³/mol. The molecule has 0 radical (unpaired) electrons. The maximum atomic E-state index is 13.2. The normalized spacial score (nSPS) is 22.7. The summed E-state index contributed by atoms with van der Waals surface area (Å²) in [5.41, 5.74) is 1.53. The lowest BCUT2D eigenvalue weighted by atomic mass is 9.76. The van der Waals surface area contributed by atoms with Crippen LogP contribution in [0, 0.1) is 5.41 Å². The van der Waals surface area contributed by atoms with Crippen LogP contribution in [0.4, 0.5) is 0 Å². The number of piperidine rings is 1. The summed E-state index contributed by atoms with van der Waals surface area (Å²) in [5.74, 6) is 0.206. The molecule has 0 unspecified atom stereocenters. The van der Waals surface area contributed by atoms with E-state index in [0.717, 1.165) is 39.0 Å². The van der Waals surface area contributed by atoms with Crippen molar-refractivity contribution >= 4 is 16.7 Å². The van der Waals surface area contributed by atoms with E-state index >= 15 is 0 Å². The SMILES string of the molecule is CCCN1CC2(CCN(C)CC2)C[C@H]1C(=O)NCc1cccc2ccccc12. The third kappa shape index (κ3) is 3.94. The van der Waals surface area contributed by atoms with Gasteiger partial charge < -0.3 is 10.2 Å². The Morgan fingerprint density at radius 3 is 2.68 bits per heavy atom. The van der Waals surface area contributed by atoms with Crippen molar-refractivity contribution in [3.05, 3.63) is 48.0 Å². The van der Waals surface area contributed by atoms with Crippen molar-refractivity contribution in [2.45, 2.75) is 45.2 Å². The van der Waals surface area contributed by atoms with Gasteiger partial charge in [0.2, 0.25) is 5.91 Å². The molecule has 0 bridgehead atoms. The second-order valence-corrected chi connectivity index (χ2v) is 8.85. The fraction of sp³-hybridized carbons (Fsp3) is 0.542. The minimum atomic E-state index is 0.0262. The lowest BCUT2D eigenvalue weighted by Crippen LogP contribution is -2.43. The molecule has 150 valence electrons. The third-order valence-corrected chi connectivity index (χ3v) is 6.80. The minimum Gasteiger partial charge on any atom is -0.351 e. The molecule has 1 amide bonds. The van der Waals surface area contributed by atoms with Gasteiger partial charge in [0, 0.05) is 13.1 Å². The van der Waals surface area contributed by atoms with Crippen LogP contribution in [-0.4, -0.2) is 55.0 Å². The van der Waals surface area contributed by atoms with Crippen LogP contribution in [0.3, 0.4) is 0 Å². The third-order valence-electron chi connectivity index (χ3n) is 6.80. The number of nitrogens with one attached hydrogen (secondary N) is 1. The van der Waals surface area contributed by atoms with Gasteiger partial charge in [-0.15, -0.1) is 0 Å². The lowest BCUT2D eigenvalue weighted by Gasteiger charge is -2.37. The summed E-state index contributed by atoms with van der Waals surface area (Å²) < 4.78 is 0. The van der Waals surface area contributed by atoms with Gasteiger partial charge in [-0.05, 0) is 74.1 Å². The molecule has 0 aromatic heterocycles. The van der Waals surface area contributed by atoms with Crippen LogP contribution in [0.15, 0.2) is 42.5 Å². The minimum absolute atomic E-state index is 0.0262. The number of rotatable bonds is 5. The molecule has 2 aromatic rings. The summed E-state index contributed by atoms with van der Waals surface area (Å²) in [6, 6.07) is 14.8. The average molecular weight is 380 g/mol. The van der Waals surface area contributed by atoms with Crippen LogP contribution >= 0.6 is 0 Å². The summed E-state index contributed by atoms with van der Waals surface area (Å²) in [5, 5.41) is 5.72. The van der Waals surface area contributed by atoms with E-state index in [1.54, 1.807) is 0 Å². The number of carbonyl (C=O) groups is 1. The van der Waals surface area contributed by atoms with E-state index < -0.39 is 0 Å². The molecule has 1 N–H and O–H groups in total. The molecule has 4 heteroatoms. The molecule has 1 atom stereocenters. The maximum absolute atomic E-state index is 13.2. The first kappa shape index (κ1) is 19.4. The molecule has 2 heterocycles. The van der Waals surface area contributed by atoms with Crippen molar-refractivity contribution in [1.82, 2.24) is 15.1 Å². The Morgan fingerprint density at radius 1 is 1.14 bits per heavy atom.